The molecule has 5 heteroatoms. The third-order valence-corrected chi connectivity index (χ3v) is 8.08. The van der Waals surface area contributed by atoms with Gasteiger partial charge in [-0.05, 0) is 89.6 Å². The second-order valence-corrected chi connectivity index (χ2v) is 11.4. The number of rotatable bonds is 8. The van der Waals surface area contributed by atoms with Crippen molar-refractivity contribution < 1.29 is 9.84 Å². The van der Waals surface area contributed by atoms with Crippen LogP contribution in [0.25, 0.3) is 21.5 Å². The van der Waals surface area contributed by atoms with Gasteiger partial charge in [-0.25, -0.2) is 0 Å². The van der Waals surface area contributed by atoms with E-state index in [-0.39, 0.29) is 0 Å². The lowest BCUT2D eigenvalue weighted by Crippen LogP contribution is -2.38. The maximum absolute atomic E-state index is 13.1. The topological polar surface area (TPSA) is 32.7 Å². The Morgan fingerprint density at radius 3 is 2.34 bits per heavy atom. The second kappa shape index (κ2) is 11.1. The number of hydrogen-bond donors (Lipinski definition) is 1. The predicted molar refractivity (Wildman–Crippen MR) is 163 cm³/mol. The fourth-order valence-electron chi connectivity index (χ4n) is 5.47. The van der Waals surface area contributed by atoms with E-state index in [1.807, 2.05) is 62.6 Å². The SMILES string of the molecule is COc1cc2ccc(Br)cc2cc1C(c1ccc(Cl)cc1)C(O)(CCN(C)C)c1cccc2ccccc12. The number of ether oxygens (including phenoxy) is 1. The molecule has 194 valence electrons. The first-order valence-electron chi connectivity index (χ1n) is 12.7. The summed E-state index contributed by atoms with van der Waals surface area (Å²) < 4.78 is 7.00. The molecule has 0 bridgehead atoms. The Kier molecular flexibility index (Phi) is 7.78. The molecule has 2 atom stereocenters. The first kappa shape index (κ1) is 26.7. The van der Waals surface area contributed by atoms with Gasteiger partial charge < -0.3 is 14.7 Å². The highest BCUT2D eigenvalue weighted by Gasteiger charge is 2.42. The summed E-state index contributed by atoms with van der Waals surface area (Å²) in [6, 6.07) is 32.7. The van der Waals surface area contributed by atoms with Crippen LogP contribution in [-0.2, 0) is 5.60 Å². The first-order valence-corrected chi connectivity index (χ1v) is 13.9. The van der Waals surface area contributed by atoms with Gasteiger partial charge in [0.25, 0.3) is 0 Å². The number of benzene rings is 5. The van der Waals surface area contributed by atoms with Crippen molar-refractivity contribution in [2.24, 2.45) is 0 Å². The smallest absolute Gasteiger partial charge is 0.123 e. The average molecular weight is 589 g/mol. The van der Waals surface area contributed by atoms with Crippen LogP contribution < -0.4 is 4.74 Å². The summed E-state index contributed by atoms with van der Waals surface area (Å²) in [5, 5.41) is 18.0. The van der Waals surface area contributed by atoms with E-state index < -0.39 is 11.5 Å². The molecule has 0 spiro atoms. The molecule has 0 saturated carbocycles. The zero-order chi connectivity index (χ0) is 26.9. The molecule has 0 amide bonds. The highest BCUT2D eigenvalue weighted by molar-refractivity contribution is 9.10. The molecule has 0 fully saturated rings. The van der Waals surface area contributed by atoms with Gasteiger partial charge in [-0.3, -0.25) is 0 Å². The van der Waals surface area contributed by atoms with Crippen molar-refractivity contribution in [3.63, 3.8) is 0 Å². The molecule has 0 aliphatic heterocycles. The molecule has 0 aromatic heterocycles. The van der Waals surface area contributed by atoms with Crippen LogP contribution in [0, 0.1) is 0 Å². The molecule has 38 heavy (non-hydrogen) atoms. The van der Waals surface area contributed by atoms with Crippen LogP contribution in [0.2, 0.25) is 5.02 Å². The Morgan fingerprint density at radius 2 is 1.61 bits per heavy atom. The van der Waals surface area contributed by atoms with Gasteiger partial charge in [-0.2, -0.15) is 0 Å². The summed E-state index contributed by atoms with van der Waals surface area (Å²) in [5.74, 6) is 0.312. The van der Waals surface area contributed by atoms with Gasteiger partial charge >= 0.3 is 0 Å². The van der Waals surface area contributed by atoms with Crippen LogP contribution in [0.3, 0.4) is 0 Å². The molecule has 2 unspecified atom stereocenters. The summed E-state index contributed by atoms with van der Waals surface area (Å²) >= 11 is 9.96. The maximum Gasteiger partial charge on any atom is 0.123 e. The van der Waals surface area contributed by atoms with Crippen molar-refractivity contribution in [3.8, 4) is 5.75 Å². The Bertz CT molecular complexity index is 1580. The highest BCUT2D eigenvalue weighted by Crippen LogP contribution is 2.49. The molecule has 3 nitrogen and oxygen atoms in total. The van der Waals surface area contributed by atoms with Gasteiger partial charge in [0.05, 0.1) is 7.11 Å². The first-order chi connectivity index (χ1) is 18.3. The third kappa shape index (κ3) is 5.19. The normalized spacial score (nSPS) is 14.1. The Morgan fingerprint density at radius 1 is 0.868 bits per heavy atom. The summed E-state index contributed by atoms with van der Waals surface area (Å²) in [6.07, 6.45) is 0.515. The lowest BCUT2D eigenvalue weighted by Gasteiger charge is -2.40. The van der Waals surface area contributed by atoms with Crippen molar-refractivity contribution in [1.29, 1.82) is 0 Å². The lowest BCUT2D eigenvalue weighted by molar-refractivity contribution is 0.00534. The van der Waals surface area contributed by atoms with Crippen molar-refractivity contribution in [3.05, 3.63) is 123 Å². The van der Waals surface area contributed by atoms with Crippen LogP contribution in [0.15, 0.2) is 102 Å². The van der Waals surface area contributed by atoms with Gasteiger partial charge in [-0.15, -0.1) is 0 Å². The maximum atomic E-state index is 13.1. The fraction of sp³-hybridized carbons (Fsp3) is 0.212. The number of halogens is 2. The van der Waals surface area contributed by atoms with Gasteiger partial charge in [0, 0.05) is 27.5 Å². The molecular formula is C33H31BrClNO2. The van der Waals surface area contributed by atoms with E-state index >= 15 is 0 Å². The molecule has 1 N–H and O–H groups in total. The van der Waals surface area contributed by atoms with Crippen LogP contribution >= 0.6 is 27.5 Å². The highest BCUT2D eigenvalue weighted by atomic mass is 79.9. The molecule has 0 heterocycles. The Labute approximate surface area is 237 Å². The molecular weight excluding hydrogens is 558 g/mol. The van der Waals surface area contributed by atoms with E-state index in [1.54, 1.807) is 7.11 Å². The fourth-order valence-corrected chi connectivity index (χ4v) is 5.97. The van der Waals surface area contributed by atoms with Crippen molar-refractivity contribution in [2.75, 3.05) is 27.7 Å². The van der Waals surface area contributed by atoms with Crippen molar-refractivity contribution in [2.45, 2.75) is 17.9 Å². The van der Waals surface area contributed by atoms with Gasteiger partial charge in [0.15, 0.2) is 0 Å². The largest absolute Gasteiger partial charge is 0.496 e. The number of nitrogens with zero attached hydrogens (tertiary/aromatic N) is 1. The van der Waals surface area contributed by atoms with Crippen LogP contribution in [-0.4, -0.2) is 37.8 Å². The van der Waals surface area contributed by atoms with E-state index in [1.165, 1.54) is 0 Å². The second-order valence-electron chi connectivity index (χ2n) is 10.1. The molecule has 0 aliphatic carbocycles. The molecule has 5 rings (SSSR count). The van der Waals surface area contributed by atoms with Crippen molar-refractivity contribution >= 4 is 49.1 Å². The molecule has 5 aromatic carbocycles. The lowest BCUT2D eigenvalue weighted by atomic mass is 9.70. The molecule has 5 aromatic rings. The zero-order valence-corrected chi connectivity index (χ0v) is 24.1. The summed E-state index contributed by atoms with van der Waals surface area (Å²) in [6.45, 7) is 0.700. The van der Waals surface area contributed by atoms with E-state index in [4.69, 9.17) is 16.3 Å². The Balaban J connectivity index is 1.85. The minimum atomic E-state index is -1.26. The monoisotopic (exact) mass is 587 g/mol. The summed E-state index contributed by atoms with van der Waals surface area (Å²) in [4.78, 5) is 2.11. The van der Waals surface area contributed by atoms with E-state index in [9.17, 15) is 5.11 Å². The minimum absolute atomic E-state index is 0.427. The standard InChI is InChI=1S/C33H31BrClNO2/c1-36(2)18-17-33(37,30-10-6-8-22-7-4-5-9-28(22)30)32(23-12-15-27(35)16-13-23)29-20-25-19-26(34)14-11-24(25)21-31(29)38-3/h4-16,19-21,32,37H,17-18H2,1-3H3. The molecule has 0 saturated heterocycles. The number of aliphatic hydroxyl groups is 1. The zero-order valence-electron chi connectivity index (χ0n) is 21.8. The van der Waals surface area contributed by atoms with E-state index in [0.717, 1.165) is 48.5 Å². The van der Waals surface area contributed by atoms with Gasteiger partial charge in [-0.1, -0.05) is 88.2 Å². The number of methoxy groups -OCH3 is 1. The van der Waals surface area contributed by atoms with Crippen LogP contribution in [0.1, 0.15) is 29.0 Å². The quantitative estimate of drug-likeness (QED) is 0.198. The number of fused-ring (bicyclic) bond motifs is 2. The average Bonchev–Trinajstić information content (AvgIpc) is 2.92. The third-order valence-electron chi connectivity index (χ3n) is 7.34. The minimum Gasteiger partial charge on any atom is -0.496 e. The van der Waals surface area contributed by atoms with E-state index in [2.05, 4.69) is 69.4 Å². The van der Waals surface area contributed by atoms with Crippen LogP contribution in [0.5, 0.6) is 5.75 Å². The molecule has 0 aliphatic rings. The molecule has 0 radical (unpaired) electrons. The van der Waals surface area contributed by atoms with Gasteiger partial charge in [0.1, 0.15) is 11.4 Å². The number of hydrogen-bond acceptors (Lipinski definition) is 3. The summed E-state index contributed by atoms with van der Waals surface area (Å²) in [7, 11) is 5.77. The van der Waals surface area contributed by atoms with E-state index in [0.29, 0.717) is 18.0 Å². The van der Waals surface area contributed by atoms with Gasteiger partial charge in [0.2, 0.25) is 0 Å². The predicted octanol–water partition coefficient (Wildman–Crippen LogP) is 8.39. The van der Waals surface area contributed by atoms with Crippen molar-refractivity contribution in [1.82, 2.24) is 4.90 Å². The van der Waals surface area contributed by atoms with Crippen LogP contribution in [0.4, 0.5) is 0 Å². The summed E-state index contributed by atoms with van der Waals surface area (Å²) in [5.41, 5.74) is 1.53. The Hall–Kier alpha value is -2.89.